The van der Waals surface area contributed by atoms with Crippen molar-refractivity contribution in [2.75, 3.05) is 27.2 Å². The lowest BCUT2D eigenvalue weighted by molar-refractivity contribution is -0.137. The van der Waals surface area contributed by atoms with Gasteiger partial charge in [0, 0.05) is 51.1 Å². The van der Waals surface area contributed by atoms with Crippen molar-refractivity contribution in [2.45, 2.75) is 76.2 Å². The Morgan fingerprint density at radius 2 is 1.84 bits per heavy atom. The minimum Gasteiger partial charge on any atom is -0.351 e. The van der Waals surface area contributed by atoms with Gasteiger partial charge in [-0.15, -0.1) is 0 Å². The molecule has 1 aromatic heterocycles. The number of aromatic nitrogens is 2. The smallest absolute Gasteiger partial charge is 0.351 e. The van der Waals surface area contributed by atoms with E-state index in [1.54, 1.807) is 19.0 Å². The number of benzene rings is 1. The molecular formula is C27H37F3N6O2. The van der Waals surface area contributed by atoms with Crippen LogP contribution in [0.25, 0.3) is 10.9 Å². The summed E-state index contributed by atoms with van der Waals surface area (Å²) >= 11 is 0. The number of rotatable bonds is 8. The molecule has 1 atom stereocenters. The fourth-order valence-corrected chi connectivity index (χ4v) is 5.63. The number of hydrogen-bond acceptors (Lipinski definition) is 5. The highest BCUT2D eigenvalue weighted by molar-refractivity contribution is 5.83. The predicted molar refractivity (Wildman–Crippen MR) is 138 cm³/mol. The van der Waals surface area contributed by atoms with Gasteiger partial charge in [0.15, 0.2) is 0 Å². The van der Waals surface area contributed by atoms with Crippen molar-refractivity contribution in [1.29, 1.82) is 0 Å². The van der Waals surface area contributed by atoms with E-state index in [2.05, 4.69) is 32.4 Å². The largest absolute Gasteiger partial charge is 0.416 e. The zero-order valence-electron chi connectivity index (χ0n) is 22.2. The SMILES string of the molecule is CCC(NC(=O)N(C)C)C1CCC(N2CC(NC(=O)CCc3ncnc4ccc(C(F)(F)F)cc34)C2)CC1. The van der Waals surface area contributed by atoms with Crippen molar-refractivity contribution in [1.82, 2.24) is 30.4 Å². The molecule has 1 aromatic carbocycles. The van der Waals surface area contributed by atoms with Gasteiger partial charge in [-0.3, -0.25) is 9.69 Å². The Balaban J connectivity index is 1.21. The Bertz CT molecular complexity index is 1130. The molecule has 1 aliphatic heterocycles. The van der Waals surface area contributed by atoms with Crippen LogP contribution in [0.3, 0.4) is 0 Å². The summed E-state index contributed by atoms with van der Waals surface area (Å²) in [5.41, 5.74) is 0.117. The van der Waals surface area contributed by atoms with Gasteiger partial charge in [0.2, 0.25) is 5.91 Å². The maximum atomic E-state index is 13.1. The molecule has 0 bridgehead atoms. The quantitative estimate of drug-likeness (QED) is 0.535. The zero-order chi connectivity index (χ0) is 27.4. The number of halogens is 3. The number of nitrogens with one attached hydrogen (secondary N) is 2. The van der Waals surface area contributed by atoms with Gasteiger partial charge >= 0.3 is 12.2 Å². The topological polar surface area (TPSA) is 90.5 Å². The van der Waals surface area contributed by atoms with Crippen LogP contribution < -0.4 is 10.6 Å². The number of amides is 3. The summed E-state index contributed by atoms with van der Waals surface area (Å²) in [5.74, 6) is 0.363. The molecule has 1 saturated carbocycles. The minimum absolute atomic E-state index is 0.0424. The molecule has 8 nitrogen and oxygen atoms in total. The lowest BCUT2D eigenvalue weighted by atomic mass is 9.79. The normalized spacial score (nSPS) is 21.5. The Morgan fingerprint density at radius 1 is 1.13 bits per heavy atom. The van der Waals surface area contributed by atoms with E-state index >= 15 is 0 Å². The first-order valence-corrected chi connectivity index (χ1v) is 13.4. The fraction of sp³-hybridized carbons (Fsp3) is 0.630. The number of carbonyl (C=O) groups is 2. The van der Waals surface area contributed by atoms with Crippen LogP contribution in [-0.2, 0) is 17.4 Å². The Hall–Kier alpha value is -2.95. The summed E-state index contributed by atoms with van der Waals surface area (Å²) in [7, 11) is 3.51. The molecule has 2 aromatic rings. The van der Waals surface area contributed by atoms with E-state index in [4.69, 9.17) is 0 Å². The molecule has 208 valence electrons. The number of alkyl halides is 3. The molecule has 1 aliphatic carbocycles. The highest BCUT2D eigenvalue weighted by atomic mass is 19.4. The van der Waals surface area contributed by atoms with Crippen molar-refractivity contribution in [3.63, 3.8) is 0 Å². The van der Waals surface area contributed by atoms with E-state index in [0.717, 1.165) is 57.3 Å². The van der Waals surface area contributed by atoms with Crippen LogP contribution in [0.2, 0.25) is 0 Å². The molecular weight excluding hydrogens is 497 g/mol. The number of aryl methyl sites for hydroxylation is 1. The van der Waals surface area contributed by atoms with E-state index in [1.807, 2.05) is 0 Å². The monoisotopic (exact) mass is 534 g/mol. The van der Waals surface area contributed by atoms with Crippen LogP contribution >= 0.6 is 0 Å². The van der Waals surface area contributed by atoms with Gasteiger partial charge in [-0.05, 0) is 62.6 Å². The minimum atomic E-state index is -4.45. The summed E-state index contributed by atoms with van der Waals surface area (Å²) in [6, 6.07) is 4.13. The van der Waals surface area contributed by atoms with E-state index in [-0.39, 0.29) is 36.9 Å². The number of nitrogens with zero attached hydrogens (tertiary/aromatic N) is 4. The molecule has 2 fully saturated rings. The molecule has 2 N–H and O–H groups in total. The van der Waals surface area contributed by atoms with Crippen LogP contribution in [0.4, 0.5) is 18.0 Å². The second-order valence-electron chi connectivity index (χ2n) is 10.7. The number of likely N-dealkylation sites (tertiary alicyclic amines) is 1. The van der Waals surface area contributed by atoms with E-state index < -0.39 is 11.7 Å². The van der Waals surface area contributed by atoms with Gasteiger partial charge in [-0.2, -0.15) is 13.2 Å². The Labute approximate surface area is 221 Å². The van der Waals surface area contributed by atoms with Crippen LogP contribution in [0.5, 0.6) is 0 Å². The standard InChI is InChI=1S/C27H37F3N6O2/c1-4-22(34-26(38)35(2)3)17-5-8-20(9-6-17)36-14-19(15-36)33-25(37)12-11-24-21-13-18(27(28,29)30)7-10-23(21)31-16-32-24/h7,10,13,16-17,19-20,22H,4-6,8-9,11-12,14-15H2,1-3H3,(H,33,37)(H,34,38). The number of fused-ring (bicyclic) bond motifs is 1. The summed E-state index contributed by atoms with van der Waals surface area (Å²) in [5, 5.41) is 6.52. The third kappa shape index (κ3) is 6.73. The highest BCUT2D eigenvalue weighted by Crippen LogP contribution is 2.33. The molecule has 1 unspecified atom stereocenters. The first-order chi connectivity index (χ1) is 18.0. The zero-order valence-corrected chi connectivity index (χ0v) is 22.2. The summed E-state index contributed by atoms with van der Waals surface area (Å²) < 4.78 is 39.4. The van der Waals surface area contributed by atoms with Gasteiger partial charge in [0.25, 0.3) is 0 Å². The summed E-state index contributed by atoms with van der Waals surface area (Å²) in [6.45, 7) is 3.73. The summed E-state index contributed by atoms with van der Waals surface area (Å²) in [4.78, 5) is 36.8. The molecule has 2 aliphatic rings. The van der Waals surface area contributed by atoms with Crippen LogP contribution in [0.1, 0.15) is 56.7 Å². The van der Waals surface area contributed by atoms with E-state index in [9.17, 15) is 22.8 Å². The fourth-order valence-electron chi connectivity index (χ4n) is 5.63. The molecule has 1 saturated heterocycles. The molecule has 2 heterocycles. The van der Waals surface area contributed by atoms with Crippen molar-refractivity contribution in [3.05, 3.63) is 35.8 Å². The first-order valence-electron chi connectivity index (χ1n) is 13.4. The van der Waals surface area contributed by atoms with Crippen LogP contribution in [0, 0.1) is 5.92 Å². The van der Waals surface area contributed by atoms with Crippen molar-refractivity contribution >= 4 is 22.8 Å². The van der Waals surface area contributed by atoms with Crippen molar-refractivity contribution in [2.24, 2.45) is 5.92 Å². The molecule has 0 spiro atoms. The van der Waals surface area contributed by atoms with E-state index in [1.165, 1.54) is 12.4 Å². The van der Waals surface area contributed by atoms with Gasteiger partial charge in [-0.1, -0.05) is 6.92 Å². The van der Waals surface area contributed by atoms with E-state index in [0.29, 0.717) is 28.6 Å². The van der Waals surface area contributed by atoms with Gasteiger partial charge in [0.1, 0.15) is 6.33 Å². The number of carbonyl (C=O) groups excluding carboxylic acids is 2. The van der Waals surface area contributed by atoms with Crippen LogP contribution in [0.15, 0.2) is 24.5 Å². The summed E-state index contributed by atoms with van der Waals surface area (Å²) in [6.07, 6.45) is 2.51. The molecule has 4 rings (SSSR count). The number of hydrogen-bond donors (Lipinski definition) is 2. The first kappa shape index (κ1) is 28.1. The maximum Gasteiger partial charge on any atom is 0.416 e. The average molecular weight is 535 g/mol. The number of urea groups is 1. The second-order valence-corrected chi connectivity index (χ2v) is 10.7. The third-order valence-electron chi connectivity index (χ3n) is 7.89. The van der Waals surface area contributed by atoms with Crippen molar-refractivity contribution in [3.8, 4) is 0 Å². The average Bonchev–Trinajstić information content (AvgIpc) is 2.87. The Morgan fingerprint density at radius 3 is 2.47 bits per heavy atom. The molecule has 0 radical (unpaired) electrons. The predicted octanol–water partition coefficient (Wildman–Crippen LogP) is 3.99. The van der Waals surface area contributed by atoms with Gasteiger partial charge in [-0.25, -0.2) is 14.8 Å². The molecule has 11 heteroatoms. The third-order valence-corrected chi connectivity index (χ3v) is 7.89. The lowest BCUT2D eigenvalue weighted by Crippen LogP contribution is -2.62. The molecule has 38 heavy (non-hydrogen) atoms. The van der Waals surface area contributed by atoms with Gasteiger partial charge in [0.05, 0.1) is 22.8 Å². The Kier molecular flexibility index (Phi) is 8.74. The van der Waals surface area contributed by atoms with Crippen molar-refractivity contribution < 1.29 is 22.8 Å². The maximum absolute atomic E-state index is 13.1. The second kappa shape index (κ2) is 11.8. The molecule has 3 amide bonds. The lowest BCUT2D eigenvalue weighted by Gasteiger charge is -2.47. The highest BCUT2D eigenvalue weighted by Gasteiger charge is 2.37. The van der Waals surface area contributed by atoms with Gasteiger partial charge < -0.3 is 15.5 Å². The van der Waals surface area contributed by atoms with Crippen LogP contribution in [-0.4, -0.2) is 77.0 Å².